The fourth-order valence-corrected chi connectivity index (χ4v) is 1.75. The van der Waals surface area contributed by atoms with Crippen molar-refractivity contribution in [1.82, 2.24) is 0 Å². The van der Waals surface area contributed by atoms with Crippen molar-refractivity contribution in [3.63, 3.8) is 0 Å². The van der Waals surface area contributed by atoms with Gasteiger partial charge in [0.15, 0.2) is 5.78 Å². The van der Waals surface area contributed by atoms with Crippen molar-refractivity contribution in [3.05, 3.63) is 65.7 Å². The summed E-state index contributed by atoms with van der Waals surface area (Å²) in [6, 6.07) is 8.56. The first-order chi connectivity index (χ1) is 11.5. The van der Waals surface area contributed by atoms with E-state index in [0.29, 0.717) is 16.3 Å². The smallest absolute Gasteiger partial charge is 0.313 e. The summed E-state index contributed by atoms with van der Waals surface area (Å²) in [6.07, 6.45) is 2.47. The zero-order valence-corrected chi connectivity index (χ0v) is 13.7. The molecule has 5 nitrogen and oxygen atoms in total. The van der Waals surface area contributed by atoms with Crippen LogP contribution in [0.15, 0.2) is 60.7 Å². The Balaban J connectivity index is 2.42. The van der Waals surface area contributed by atoms with Crippen LogP contribution in [0.4, 0.5) is 0 Å². The lowest BCUT2D eigenvalue weighted by Gasteiger charge is -2.07. The van der Waals surface area contributed by atoms with Gasteiger partial charge < -0.3 is 9.47 Å². The molecular formula is C18H16ClNO4. The highest BCUT2D eigenvalue weighted by Crippen LogP contribution is 2.22. The number of hydrogen-bond donors (Lipinski definition) is 0. The number of benzene rings is 1. The fraction of sp³-hybridized carbons (Fsp3) is 0.167. The summed E-state index contributed by atoms with van der Waals surface area (Å²) < 4.78 is 10.2. The molecule has 1 rings (SSSR count). The molecule has 0 aliphatic rings. The maximum Gasteiger partial charge on any atom is 0.313 e. The van der Waals surface area contributed by atoms with E-state index in [1.165, 1.54) is 12.2 Å². The molecule has 0 fully saturated rings. The third-order valence-corrected chi connectivity index (χ3v) is 3.04. The van der Waals surface area contributed by atoms with E-state index in [4.69, 9.17) is 26.3 Å². The van der Waals surface area contributed by atoms with Crippen molar-refractivity contribution in [2.24, 2.45) is 0 Å². The van der Waals surface area contributed by atoms with Crippen LogP contribution in [0.5, 0.6) is 5.75 Å². The normalized spacial score (nSPS) is 10.4. The number of ether oxygens (including phenoxy) is 2. The van der Waals surface area contributed by atoms with Crippen LogP contribution in [0.1, 0.15) is 6.42 Å². The van der Waals surface area contributed by atoms with Gasteiger partial charge in [-0.1, -0.05) is 43.0 Å². The minimum atomic E-state index is -0.696. The van der Waals surface area contributed by atoms with Crippen LogP contribution in [-0.4, -0.2) is 25.0 Å². The summed E-state index contributed by atoms with van der Waals surface area (Å²) in [7, 11) is 0. The number of carbonyl (C=O) groups is 2. The highest BCUT2D eigenvalue weighted by molar-refractivity contribution is 6.32. The average Bonchev–Trinajstić information content (AvgIpc) is 2.57. The number of nitrogens with zero attached hydrogens (tertiary/aromatic N) is 1. The highest BCUT2D eigenvalue weighted by Gasteiger charge is 2.12. The van der Waals surface area contributed by atoms with Gasteiger partial charge in [0.2, 0.25) is 0 Å². The first-order valence-electron chi connectivity index (χ1n) is 6.93. The Morgan fingerprint density at radius 2 is 2.00 bits per heavy atom. The van der Waals surface area contributed by atoms with Crippen LogP contribution in [0.2, 0.25) is 5.02 Å². The van der Waals surface area contributed by atoms with E-state index in [2.05, 4.69) is 13.2 Å². The van der Waals surface area contributed by atoms with Crippen LogP contribution in [0.25, 0.3) is 0 Å². The van der Waals surface area contributed by atoms with Gasteiger partial charge in [0.1, 0.15) is 25.4 Å². The molecule has 1 aromatic rings. The third kappa shape index (κ3) is 6.95. The summed E-state index contributed by atoms with van der Waals surface area (Å²) in [4.78, 5) is 23.3. The molecule has 6 heteroatoms. The Morgan fingerprint density at radius 1 is 1.29 bits per heavy atom. The Kier molecular flexibility index (Phi) is 8.03. The molecule has 0 aliphatic heterocycles. The number of Topliss-reactive ketones (excluding diaryl/α,β-unsaturated/α-hetero) is 1. The molecule has 124 valence electrons. The second-order valence-corrected chi connectivity index (χ2v) is 5.06. The Bertz CT molecular complexity index is 716. The molecule has 0 radical (unpaired) electrons. The molecule has 0 amide bonds. The standard InChI is InChI=1S/C18H16ClNO4/c1-3-14(8-13(2)10-20)11-24-18(22)9-15(21)12-23-17-7-5-4-6-16(17)19/h3-8H,1-2,9,11-12H2/b14-8+. The molecule has 0 saturated heterocycles. The van der Waals surface area contributed by atoms with Crippen molar-refractivity contribution in [3.8, 4) is 11.8 Å². The van der Waals surface area contributed by atoms with Gasteiger partial charge >= 0.3 is 5.97 Å². The van der Waals surface area contributed by atoms with Gasteiger partial charge in [-0.15, -0.1) is 0 Å². The van der Waals surface area contributed by atoms with E-state index in [9.17, 15) is 9.59 Å². The molecule has 0 N–H and O–H groups in total. The molecule has 0 saturated carbocycles. The van der Waals surface area contributed by atoms with E-state index in [1.54, 1.807) is 24.3 Å². The SMILES string of the molecule is C=C/C(=C\C(=C)C#N)COC(=O)CC(=O)COc1ccccc1Cl. The first kappa shape index (κ1) is 19.2. The summed E-state index contributed by atoms with van der Waals surface area (Å²) in [6.45, 7) is 6.66. The lowest BCUT2D eigenvalue weighted by molar-refractivity contribution is -0.145. The monoisotopic (exact) mass is 345 g/mol. The molecule has 0 heterocycles. The molecule has 0 aliphatic carbocycles. The van der Waals surface area contributed by atoms with Crippen molar-refractivity contribution < 1.29 is 19.1 Å². The van der Waals surface area contributed by atoms with Crippen LogP contribution in [0, 0.1) is 11.3 Å². The number of para-hydroxylation sites is 1. The van der Waals surface area contributed by atoms with E-state index in [1.807, 2.05) is 6.07 Å². The van der Waals surface area contributed by atoms with E-state index < -0.39 is 18.2 Å². The number of rotatable bonds is 9. The lowest BCUT2D eigenvalue weighted by Crippen LogP contribution is -2.18. The number of esters is 1. The highest BCUT2D eigenvalue weighted by atomic mass is 35.5. The summed E-state index contributed by atoms with van der Waals surface area (Å²) in [5, 5.41) is 9.02. The topological polar surface area (TPSA) is 76.4 Å². The van der Waals surface area contributed by atoms with E-state index in [0.717, 1.165) is 0 Å². The zero-order valence-electron chi connectivity index (χ0n) is 13.0. The molecule has 0 atom stereocenters. The Labute approximate surface area is 145 Å². The van der Waals surface area contributed by atoms with Gasteiger partial charge in [0.05, 0.1) is 11.1 Å². The predicted molar refractivity (Wildman–Crippen MR) is 90.6 cm³/mol. The molecule has 0 bridgehead atoms. The third-order valence-electron chi connectivity index (χ3n) is 2.73. The van der Waals surface area contributed by atoms with Crippen LogP contribution >= 0.6 is 11.6 Å². The molecule has 0 aromatic heterocycles. The largest absolute Gasteiger partial charge is 0.484 e. The number of halogens is 1. The van der Waals surface area contributed by atoms with Crippen molar-refractivity contribution in [2.75, 3.05) is 13.2 Å². The second-order valence-electron chi connectivity index (χ2n) is 4.66. The van der Waals surface area contributed by atoms with Crippen molar-refractivity contribution >= 4 is 23.4 Å². The van der Waals surface area contributed by atoms with Gasteiger partial charge in [-0.05, 0) is 23.8 Å². The van der Waals surface area contributed by atoms with Crippen LogP contribution in [0.3, 0.4) is 0 Å². The summed E-state index contributed by atoms with van der Waals surface area (Å²) >= 11 is 5.89. The average molecular weight is 346 g/mol. The Hall–Kier alpha value is -2.84. The number of hydrogen-bond acceptors (Lipinski definition) is 5. The van der Waals surface area contributed by atoms with Gasteiger partial charge in [-0.3, -0.25) is 9.59 Å². The van der Waals surface area contributed by atoms with Crippen LogP contribution in [-0.2, 0) is 14.3 Å². The minimum Gasteiger partial charge on any atom is -0.484 e. The fourth-order valence-electron chi connectivity index (χ4n) is 1.56. The second kappa shape index (κ2) is 10.0. The summed E-state index contributed by atoms with van der Waals surface area (Å²) in [5.41, 5.74) is 0.722. The van der Waals surface area contributed by atoms with Gasteiger partial charge in [-0.25, -0.2) is 0 Å². The molecule has 1 aromatic carbocycles. The van der Waals surface area contributed by atoms with Crippen LogP contribution < -0.4 is 4.74 Å². The molecule has 0 unspecified atom stereocenters. The first-order valence-corrected chi connectivity index (χ1v) is 7.30. The zero-order chi connectivity index (χ0) is 17.9. The van der Waals surface area contributed by atoms with Crippen molar-refractivity contribution in [2.45, 2.75) is 6.42 Å². The van der Waals surface area contributed by atoms with Gasteiger partial charge in [0, 0.05) is 5.57 Å². The number of allylic oxidation sites excluding steroid dienone is 2. The number of ketones is 1. The summed E-state index contributed by atoms with van der Waals surface area (Å²) in [5.74, 6) is -0.767. The number of nitriles is 1. The maximum atomic E-state index is 11.7. The minimum absolute atomic E-state index is 0.0956. The van der Waals surface area contributed by atoms with E-state index in [-0.39, 0.29) is 18.8 Å². The van der Waals surface area contributed by atoms with Crippen molar-refractivity contribution in [1.29, 1.82) is 5.26 Å². The van der Waals surface area contributed by atoms with Gasteiger partial charge in [0.25, 0.3) is 0 Å². The van der Waals surface area contributed by atoms with E-state index >= 15 is 0 Å². The molecule has 24 heavy (non-hydrogen) atoms. The number of carbonyl (C=O) groups excluding carboxylic acids is 2. The van der Waals surface area contributed by atoms with Gasteiger partial charge in [-0.2, -0.15) is 5.26 Å². The molecular weight excluding hydrogens is 330 g/mol. The quantitative estimate of drug-likeness (QED) is 0.296. The maximum absolute atomic E-state index is 11.7. The lowest BCUT2D eigenvalue weighted by atomic mass is 10.2. The Morgan fingerprint density at radius 3 is 2.62 bits per heavy atom. The molecule has 0 spiro atoms. The predicted octanol–water partition coefficient (Wildman–Crippen LogP) is 3.41.